The van der Waals surface area contributed by atoms with Crippen molar-refractivity contribution in [3.05, 3.63) is 81.1 Å². The van der Waals surface area contributed by atoms with E-state index in [2.05, 4.69) is 34.5 Å². The fraction of sp³-hybridized carbons (Fsp3) is 0.370. The van der Waals surface area contributed by atoms with Crippen LogP contribution >= 0.6 is 23.2 Å². The van der Waals surface area contributed by atoms with Crippen molar-refractivity contribution in [3.8, 4) is 0 Å². The molecule has 38 heavy (non-hydrogen) atoms. The van der Waals surface area contributed by atoms with Crippen molar-refractivity contribution in [1.29, 1.82) is 0 Å². The minimum Gasteiger partial charge on any atom is -0.394 e. The van der Waals surface area contributed by atoms with Crippen LogP contribution in [0.1, 0.15) is 18.4 Å². The molecule has 8 nitrogen and oxygen atoms in total. The summed E-state index contributed by atoms with van der Waals surface area (Å²) >= 11 is 12.5. The van der Waals surface area contributed by atoms with Crippen LogP contribution in [0.4, 0.5) is 15.8 Å². The lowest BCUT2D eigenvalue weighted by Crippen LogP contribution is -2.42. The van der Waals surface area contributed by atoms with Crippen LogP contribution in [0.3, 0.4) is 0 Å². The van der Waals surface area contributed by atoms with Crippen LogP contribution in [0.15, 0.2) is 59.7 Å². The topological polar surface area (TPSA) is 103 Å². The average Bonchev–Trinajstić information content (AvgIpc) is 2.90. The first kappa shape index (κ1) is 27.9. The van der Waals surface area contributed by atoms with Gasteiger partial charge >= 0.3 is 0 Å². The molecule has 1 saturated heterocycles. The number of hydrogen-bond acceptors (Lipinski definition) is 7. The number of amides is 1. The lowest BCUT2D eigenvalue weighted by atomic mass is 10.0. The Morgan fingerprint density at radius 3 is 2.66 bits per heavy atom. The van der Waals surface area contributed by atoms with E-state index in [0.717, 1.165) is 31.6 Å². The number of rotatable bonds is 7. The first-order valence-corrected chi connectivity index (χ1v) is 13.3. The number of nitrogens with zero attached hydrogens (tertiary/aromatic N) is 3. The zero-order valence-electron chi connectivity index (χ0n) is 21.6. The predicted octanol–water partition coefficient (Wildman–Crippen LogP) is 3.68. The largest absolute Gasteiger partial charge is 0.394 e. The smallest absolute Gasteiger partial charge is 0.271 e. The molecule has 0 atom stereocenters. The summed E-state index contributed by atoms with van der Waals surface area (Å²) in [6.45, 7) is 3.19. The van der Waals surface area contributed by atoms with Crippen molar-refractivity contribution in [2.75, 3.05) is 50.5 Å². The quantitative estimate of drug-likeness (QED) is 0.302. The minimum atomic E-state index is -0.557. The molecule has 2 aliphatic heterocycles. The Labute approximate surface area is 233 Å². The summed E-state index contributed by atoms with van der Waals surface area (Å²) in [5, 5.41) is 6.25. The molecule has 0 saturated carbocycles. The van der Waals surface area contributed by atoms with E-state index in [0.29, 0.717) is 46.9 Å². The molecule has 1 amide bonds. The van der Waals surface area contributed by atoms with Crippen LogP contribution in [-0.2, 0) is 11.3 Å². The highest BCUT2D eigenvalue weighted by molar-refractivity contribution is 6.36. The molecule has 2 aliphatic rings. The number of piperidine rings is 1. The number of halogens is 3. The highest BCUT2D eigenvalue weighted by Crippen LogP contribution is 2.30. The van der Waals surface area contributed by atoms with E-state index in [4.69, 9.17) is 34.7 Å². The van der Waals surface area contributed by atoms with Crippen LogP contribution in [0.2, 0.25) is 10.0 Å². The maximum absolute atomic E-state index is 14.1. The Balaban J connectivity index is 1.47. The van der Waals surface area contributed by atoms with E-state index in [9.17, 15) is 9.18 Å². The number of nitrogens with two attached hydrogens (primary N) is 2. The summed E-state index contributed by atoms with van der Waals surface area (Å²) in [5.41, 5.74) is 15.0. The standard InChI is InChI=1S/C27H34Cl2FN7O/c1-35(2)18-8-11-36(12-9-18)19-5-3-4-17(14-19)34-27(38)23(31)15-24-26(32)33-10-13-37(24)16-20-21(28)6-7-22(30)25(20)29/h3-7,14-15,18,33H,8-13,16,31-32H2,1-2H3,(H,34,38)/b23-15-. The highest BCUT2D eigenvalue weighted by atomic mass is 35.5. The number of carbonyl (C=O) groups is 1. The van der Waals surface area contributed by atoms with Crippen molar-refractivity contribution in [2.24, 2.45) is 11.5 Å². The molecule has 0 unspecified atom stereocenters. The van der Waals surface area contributed by atoms with Crippen LogP contribution in [0.25, 0.3) is 0 Å². The molecule has 0 bridgehead atoms. The number of allylic oxidation sites excluding steroid dienone is 1. The Bertz CT molecular complexity index is 1240. The first-order chi connectivity index (χ1) is 18.1. The molecule has 0 aliphatic carbocycles. The summed E-state index contributed by atoms with van der Waals surface area (Å²) in [7, 11) is 4.23. The third-order valence-electron chi connectivity index (χ3n) is 7.02. The molecule has 0 spiro atoms. The molecule has 2 aromatic rings. The van der Waals surface area contributed by atoms with Gasteiger partial charge < -0.3 is 36.8 Å². The Hall–Kier alpha value is -3.14. The van der Waals surface area contributed by atoms with E-state index in [1.54, 1.807) is 0 Å². The van der Waals surface area contributed by atoms with Gasteiger partial charge in [0.2, 0.25) is 0 Å². The van der Waals surface area contributed by atoms with Gasteiger partial charge in [-0.15, -0.1) is 0 Å². The number of nitrogens with one attached hydrogen (secondary N) is 2. The molecule has 11 heteroatoms. The molecule has 1 fully saturated rings. The number of carbonyl (C=O) groups excluding carboxylic acids is 1. The molecule has 204 valence electrons. The zero-order chi connectivity index (χ0) is 27.4. The lowest BCUT2D eigenvalue weighted by molar-refractivity contribution is -0.112. The second kappa shape index (κ2) is 12.1. The normalized spacial score (nSPS) is 17.2. The van der Waals surface area contributed by atoms with Crippen molar-refractivity contribution in [3.63, 3.8) is 0 Å². The third kappa shape index (κ3) is 6.46. The van der Waals surface area contributed by atoms with Crippen LogP contribution in [-0.4, -0.2) is 62.0 Å². The summed E-state index contributed by atoms with van der Waals surface area (Å²) < 4.78 is 14.1. The van der Waals surface area contributed by atoms with Gasteiger partial charge in [-0.2, -0.15) is 0 Å². The molecule has 2 heterocycles. The van der Waals surface area contributed by atoms with Crippen molar-refractivity contribution in [2.45, 2.75) is 25.4 Å². The summed E-state index contributed by atoms with van der Waals surface area (Å²) in [6.07, 6.45) is 3.69. The Morgan fingerprint density at radius 2 is 1.95 bits per heavy atom. The van der Waals surface area contributed by atoms with Crippen LogP contribution in [0.5, 0.6) is 0 Å². The second-order valence-corrected chi connectivity index (χ2v) is 10.5. The summed E-state index contributed by atoms with van der Waals surface area (Å²) in [4.78, 5) is 19.5. The number of benzene rings is 2. The molecular weight excluding hydrogens is 528 g/mol. The molecule has 6 N–H and O–H groups in total. The van der Waals surface area contributed by atoms with Gasteiger partial charge in [0, 0.05) is 60.7 Å². The number of anilines is 2. The second-order valence-electron chi connectivity index (χ2n) is 9.75. The Kier molecular flexibility index (Phi) is 8.91. The highest BCUT2D eigenvalue weighted by Gasteiger charge is 2.23. The van der Waals surface area contributed by atoms with Crippen LogP contribution < -0.4 is 27.0 Å². The first-order valence-electron chi connectivity index (χ1n) is 12.5. The zero-order valence-corrected chi connectivity index (χ0v) is 23.1. The summed E-state index contributed by atoms with van der Waals surface area (Å²) in [5.74, 6) is -0.668. The SMILES string of the molecule is CN(C)C1CCN(c2cccc(NC(=O)/C(N)=C/C3=C(N)NCCN3Cc3c(Cl)ccc(F)c3Cl)c2)CC1. The molecule has 2 aromatic carbocycles. The average molecular weight is 563 g/mol. The van der Waals surface area contributed by atoms with Gasteiger partial charge in [-0.1, -0.05) is 29.3 Å². The van der Waals surface area contributed by atoms with Crippen molar-refractivity contribution < 1.29 is 9.18 Å². The predicted molar refractivity (Wildman–Crippen MR) is 152 cm³/mol. The van der Waals surface area contributed by atoms with Gasteiger partial charge in [0.05, 0.1) is 16.4 Å². The Morgan fingerprint density at radius 1 is 1.21 bits per heavy atom. The van der Waals surface area contributed by atoms with Gasteiger partial charge in [0.25, 0.3) is 5.91 Å². The van der Waals surface area contributed by atoms with Crippen molar-refractivity contribution in [1.82, 2.24) is 15.1 Å². The van der Waals surface area contributed by atoms with Gasteiger partial charge in [0.15, 0.2) is 0 Å². The van der Waals surface area contributed by atoms with Gasteiger partial charge in [-0.05, 0) is 63.3 Å². The minimum absolute atomic E-state index is 0.0229. The molecule has 4 rings (SSSR count). The van der Waals surface area contributed by atoms with E-state index in [1.807, 2.05) is 29.2 Å². The van der Waals surface area contributed by atoms with E-state index in [-0.39, 0.29) is 17.3 Å². The molecule has 0 radical (unpaired) electrons. The van der Waals surface area contributed by atoms with Gasteiger partial charge in [-0.25, -0.2) is 4.39 Å². The van der Waals surface area contributed by atoms with E-state index in [1.165, 1.54) is 18.2 Å². The number of hydrogen-bond donors (Lipinski definition) is 4. The maximum atomic E-state index is 14.1. The van der Waals surface area contributed by atoms with Crippen LogP contribution in [0, 0.1) is 5.82 Å². The maximum Gasteiger partial charge on any atom is 0.271 e. The fourth-order valence-electron chi connectivity index (χ4n) is 4.78. The molecular formula is C27H34Cl2FN7O. The van der Waals surface area contributed by atoms with Gasteiger partial charge in [0.1, 0.15) is 11.6 Å². The third-order valence-corrected chi connectivity index (χ3v) is 7.78. The molecule has 0 aromatic heterocycles. The fourth-order valence-corrected chi connectivity index (χ4v) is 5.27. The lowest BCUT2D eigenvalue weighted by Gasteiger charge is -2.36. The van der Waals surface area contributed by atoms with E-state index >= 15 is 0 Å². The monoisotopic (exact) mass is 561 g/mol. The van der Waals surface area contributed by atoms with Crippen molar-refractivity contribution >= 4 is 40.5 Å². The van der Waals surface area contributed by atoms with E-state index < -0.39 is 11.7 Å². The van der Waals surface area contributed by atoms with Gasteiger partial charge in [-0.3, -0.25) is 4.79 Å². The summed E-state index contributed by atoms with van der Waals surface area (Å²) in [6, 6.07) is 11.0.